The maximum absolute atomic E-state index is 13.5. The van der Waals surface area contributed by atoms with Gasteiger partial charge in [-0.05, 0) is 26.0 Å². The minimum absolute atomic E-state index is 0.0363. The second kappa shape index (κ2) is 5.60. The van der Waals surface area contributed by atoms with Gasteiger partial charge < -0.3 is 10.6 Å². The van der Waals surface area contributed by atoms with E-state index in [4.69, 9.17) is 0 Å². The fourth-order valence-corrected chi connectivity index (χ4v) is 1.53. The zero-order valence-electron chi connectivity index (χ0n) is 10.6. The molecule has 0 aliphatic carbocycles. The molecule has 1 aromatic carbocycles. The zero-order chi connectivity index (χ0) is 13.8. The Hall–Kier alpha value is -2.24. The highest BCUT2D eigenvalue weighted by molar-refractivity contribution is 5.59. The molecule has 0 amide bonds. The molecule has 0 aliphatic rings. The van der Waals surface area contributed by atoms with Gasteiger partial charge in [-0.1, -0.05) is 0 Å². The Balaban J connectivity index is 2.21. The summed E-state index contributed by atoms with van der Waals surface area (Å²) >= 11 is 0. The molecule has 6 heteroatoms. The molecule has 100 valence electrons. The van der Waals surface area contributed by atoms with Crippen molar-refractivity contribution in [3.8, 4) is 0 Å². The average Bonchev–Trinajstić information content (AvgIpc) is 2.33. The summed E-state index contributed by atoms with van der Waals surface area (Å²) in [5.41, 5.74) is 0.0363. The van der Waals surface area contributed by atoms with Crippen molar-refractivity contribution in [2.75, 3.05) is 10.6 Å². The van der Waals surface area contributed by atoms with E-state index in [-0.39, 0.29) is 11.7 Å². The van der Waals surface area contributed by atoms with Crippen LogP contribution in [-0.2, 0) is 0 Å². The molecule has 0 saturated heterocycles. The third-order valence-corrected chi connectivity index (χ3v) is 2.29. The van der Waals surface area contributed by atoms with Crippen molar-refractivity contribution in [1.29, 1.82) is 0 Å². The van der Waals surface area contributed by atoms with Crippen molar-refractivity contribution in [1.82, 2.24) is 9.97 Å². The lowest BCUT2D eigenvalue weighted by molar-refractivity contribution is 0.603. The van der Waals surface area contributed by atoms with Crippen LogP contribution >= 0.6 is 0 Å². The second-order valence-corrected chi connectivity index (χ2v) is 4.34. The summed E-state index contributed by atoms with van der Waals surface area (Å²) in [6.45, 7) is 3.95. The number of benzene rings is 1. The van der Waals surface area contributed by atoms with Crippen molar-refractivity contribution in [3.63, 3.8) is 0 Å². The number of rotatable bonds is 4. The first-order chi connectivity index (χ1) is 9.04. The van der Waals surface area contributed by atoms with E-state index in [2.05, 4.69) is 20.6 Å². The topological polar surface area (TPSA) is 49.8 Å². The third kappa shape index (κ3) is 3.61. The molecule has 0 saturated carbocycles. The first kappa shape index (κ1) is 13.2. The Morgan fingerprint density at radius 2 is 1.79 bits per heavy atom. The van der Waals surface area contributed by atoms with E-state index in [1.165, 1.54) is 6.33 Å². The molecule has 0 aliphatic heterocycles. The summed E-state index contributed by atoms with van der Waals surface area (Å²) in [4.78, 5) is 7.99. The summed E-state index contributed by atoms with van der Waals surface area (Å²) in [5, 5.41) is 5.82. The predicted octanol–water partition coefficient (Wildman–Crippen LogP) is 3.32. The molecule has 1 heterocycles. The number of halogens is 2. The van der Waals surface area contributed by atoms with Gasteiger partial charge in [0.1, 0.15) is 29.6 Å². The number of hydrogen-bond acceptors (Lipinski definition) is 4. The van der Waals surface area contributed by atoms with Gasteiger partial charge in [0, 0.05) is 18.2 Å². The Morgan fingerprint density at radius 1 is 1.05 bits per heavy atom. The van der Waals surface area contributed by atoms with Gasteiger partial charge in [0.05, 0.1) is 5.69 Å². The Labute approximate surface area is 109 Å². The molecular weight excluding hydrogens is 250 g/mol. The van der Waals surface area contributed by atoms with Gasteiger partial charge in [-0.25, -0.2) is 18.7 Å². The summed E-state index contributed by atoms with van der Waals surface area (Å²) < 4.78 is 26.5. The van der Waals surface area contributed by atoms with Crippen LogP contribution in [0, 0.1) is 11.6 Å². The van der Waals surface area contributed by atoms with Crippen LogP contribution in [0.3, 0.4) is 0 Å². The molecule has 0 fully saturated rings. The maximum Gasteiger partial charge on any atom is 0.146 e. The molecule has 0 unspecified atom stereocenters. The van der Waals surface area contributed by atoms with Crippen LogP contribution in [-0.4, -0.2) is 16.0 Å². The van der Waals surface area contributed by atoms with Crippen LogP contribution in [0.15, 0.2) is 30.6 Å². The normalized spacial score (nSPS) is 10.6. The lowest BCUT2D eigenvalue weighted by Gasteiger charge is -2.11. The molecule has 0 radical (unpaired) electrons. The molecule has 2 aromatic rings. The Bertz CT molecular complexity index is 572. The van der Waals surface area contributed by atoms with E-state index < -0.39 is 11.6 Å². The van der Waals surface area contributed by atoms with Crippen molar-refractivity contribution >= 4 is 17.3 Å². The molecule has 19 heavy (non-hydrogen) atoms. The standard InChI is InChI=1S/C13H14F2N4/c1-8(2)18-12-6-13(17-7-16-12)19-11-5-9(14)3-4-10(11)15/h3-8H,1-2H3,(H2,16,17,18,19). The summed E-state index contributed by atoms with van der Waals surface area (Å²) in [5.74, 6) is -0.0520. The third-order valence-electron chi connectivity index (χ3n) is 2.29. The molecular formula is C13H14F2N4. The molecule has 4 nitrogen and oxygen atoms in total. The lowest BCUT2D eigenvalue weighted by atomic mass is 10.3. The molecule has 0 bridgehead atoms. The highest BCUT2D eigenvalue weighted by Gasteiger charge is 2.06. The number of nitrogens with one attached hydrogen (secondary N) is 2. The Morgan fingerprint density at radius 3 is 2.53 bits per heavy atom. The molecule has 0 spiro atoms. The number of anilines is 3. The van der Waals surface area contributed by atoms with E-state index in [0.717, 1.165) is 18.2 Å². The van der Waals surface area contributed by atoms with Gasteiger partial charge in [0.2, 0.25) is 0 Å². The van der Waals surface area contributed by atoms with Crippen LogP contribution in [0.2, 0.25) is 0 Å². The van der Waals surface area contributed by atoms with Gasteiger partial charge >= 0.3 is 0 Å². The van der Waals surface area contributed by atoms with E-state index >= 15 is 0 Å². The van der Waals surface area contributed by atoms with Crippen LogP contribution < -0.4 is 10.6 Å². The fourth-order valence-electron chi connectivity index (χ4n) is 1.53. The van der Waals surface area contributed by atoms with Crippen molar-refractivity contribution in [2.45, 2.75) is 19.9 Å². The van der Waals surface area contributed by atoms with Crippen LogP contribution in [0.5, 0.6) is 0 Å². The van der Waals surface area contributed by atoms with Gasteiger partial charge in [0.25, 0.3) is 0 Å². The predicted molar refractivity (Wildman–Crippen MR) is 70.4 cm³/mol. The smallest absolute Gasteiger partial charge is 0.146 e. The lowest BCUT2D eigenvalue weighted by Crippen LogP contribution is -2.11. The second-order valence-electron chi connectivity index (χ2n) is 4.34. The van der Waals surface area contributed by atoms with Crippen molar-refractivity contribution in [3.05, 3.63) is 42.2 Å². The fraction of sp³-hybridized carbons (Fsp3) is 0.231. The first-order valence-corrected chi connectivity index (χ1v) is 5.85. The van der Waals surface area contributed by atoms with Crippen LogP contribution in [0.1, 0.15) is 13.8 Å². The van der Waals surface area contributed by atoms with Crippen LogP contribution in [0.4, 0.5) is 26.1 Å². The minimum Gasteiger partial charge on any atom is -0.368 e. The highest BCUT2D eigenvalue weighted by Crippen LogP contribution is 2.20. The van der Waals surface area contributed by atoms with Gasteiger partial charge in [-0.2, -0.15) is 0 Å². The average molecular weight is 264 g/mol. The van der Waals surface area contributed by atoms with E-state index in [1.54, 1.807) is 6.07 Å². The molecule has 2 rings (SSSR count). The number of hydrogen-bond donors (Lipinski definition) is 2. The van der Waals surface area contributed by atoms with E-state index in [0.29, 0.717) is 11.6 Å². The molecule has 2 N–H and O–H groups in total. The first-order valence-electron chi connectivity index (χ1n) is 5.85. The Kier molecular flexibility index (Phi) is 3.89. The number of nitrogens with zero attached hydrogens (tertiary/aromatic N) is 2. The van der Waals surface area contributed by atoms with Gasteiger partial charge in [0.15, 0.2) is 0 Å². The zero-order valence-corrected chi connectivity index (χ0v) is 10.6. The van der Waals surface area contributed by atoms with Crippen molar-refractivity contribution < 1.29 is 8.78 Å². The maximum atomic E-state index is 13.5. The molecule has 1 aromatic heterocycles. The van der Waals surface area contributed by atoms with Crippen molar-refractivity contribution in [2.24, 2.45) is 0 Å². The summed E-state index contributed by atoms with van der Waals surface area (Å²) in [7, 11) is 0. The molecule has 0 atom stereocenters. The SMILES string of the molecule is CC(C)Nc1cc(Nc2cc(F)ccc2F)ncn1. The van der Waals surface area contributed by atoms with E-state index in [1.807, 2.05) is 13.8 Å². The minimum atomic E-state index is -0.543. The summed E-state index contributed by atoms with van der Waals surface area (Å²) in [6, 6.07) is 5.05. The largest absolute Gasteiger partial charge is 0.368 e. The quantitative estimate of drug-likeness (QED) is 0.889. The highest BCUT2D eigenvalue weighted by atomic mass is 19.1. The number of aromatic nitrogens is 2. The van der Waals surface area contributed by atoms with Crippen LogP contribution in [0.25, 0.3) is 0 Å². The summed E-state index contributed by atoms with van der Waals surface area (Å²) in [6.07, 6.45) is 1.35. The monoisotopic (exact) mass is 264 g/mol. The van der Waals surface area contributed by atoms with E-state index in [9.17, 15) is 8.78 Å². The van der Waals surface area contributed by atoms with Gasteiger partial charge in [-0.15, -0.1) is 0 Å². The van der Waals surface area contributed by atoms with Gasteiger partial charge in [-0.3, -0.25) is 0 Å².